The van der Waals surface area contributed by atoms with Gasteiger partial charge >= 0.3 is 0 Å². The summed E-state index contributed by atoms with van der Waals surface area (Å²) in [7, 11) is 1.62. The molecule has 116 valence electrons. The largest absolute Gasteiger partial charge is 0.409 e. The van der Waals surface area contributed by atoms with Crippen LogP contribution in [0.2, 0.25) is 0 Å². The number of hydrogen-bond donors (Lipinski definition) is 3. The van der Waals surface area contributed by atoms with Crippen LogP contribution in [0.15, 0.2) is 5.16 Å². The zero-order valence-electron chi connectivity index (χ0n) is 12.4. The zero-order valence-corrected chi connectivity index (χ0v) is 12.4. The van der Waals surface area contributed by atoms with Crippen LogP contribution in [0.1, 0.15) is 57.8 Å². The van der Waals surface area contributed by atoms with Crippen LogP contribution in [0, 0.1) is 0 Å². The van der Waals surface area contributed by atoms with Crippen LogP contribution in [-0.4, -0.2) is 36.2 Å². The van der Waals surface area contributed by atoms with Crippen molar-refractivity contribution < 1.29 is 14.7 Å². The second-order valence-corrected chi connectivity index (χ2v) is 5.48. The molecule has 6 nitrogen and oxygen atoms in total. The maximum atomic E-state index is 12.1. The Bertz CT molecular complexity index is 324. The molecule has 20 heavy (non-hydrogen) atoms. The van der Waals surface area contributed by atoms with E-state index < -0.39 is 5.54 Å². The average Bonchev–Trinajstić information content (AvgIpc) is 2.41. The van der Waals surface area contributed by atoms with Gasteiger partial charge in [-0.05, 0) is 19.3 Å². The standard InChI is InChI=1S/C14H27N3O3/c1-20-11-7-8-12(18)16-14(13(15)17-19)9-5-3-2-4-6-10-14/h19H,2-11H2,1H3,(H2,15,17)(H,16,18). The minimum atomic E-state index is -0.681. The normalized spacial score (nSPS) is 19.9. The summed E-state index contributed by atoms with van der Waals surface area (Å²) in [6, 6.07) is 0. The molecule has 6 heteroatoms. The molecule has 1 saturated carbocycles. The van der Waals surface area contributed by atoms with Gasteiger partial charge in [0.15, 0.2) is 5.84 Å². The number of amides is 1. The zero-order chi connectivity index (χ0) is 14.8. The van der Waals surface area contributed by atoms with Gasteiger partial charge in [-0.2, -0.15) is 0 Å². The minimum absolute atomic E-state index is 0.0609. The van der Waals surface area contributed by atoms with E-state index in [1.807, 2.05) is 0 Å². The molecule has 0 unspecified atom stereocenters. The van der Waals surface area contributed by atoms with E-state index in [2.05, 4.69) is 10.5 Å². The third-order valence-electron chi connectivity index (χ3n) is 3.94. The van der Waals surface area contributed by atoms with Gasteiger partial charge in [0.25, 0.3) is 0 Å². The summed E-state index contributed by atoms with van der Waals surface area (Å²) in [4.78, 5) is 12.1. The molecule has 4 N–H and O–H groups in total. The van der Waals surface area contributed by atoms with Crippen LogP contribution in [0.3, 0.4) is 0 Å². The van der Waals surface area contributed by atoms with Gasteiger partial charge in [0, 0.05) is 20.1 Å². The van der Waals surface area contributed by atoms with Gasteiger partial charge < -0.3 is 21.0 Å². The molecule has 0 bridgehead atoms. The van der Waals surface area contributed by atoms with E-state index in [1.165, 1.54) is 6.42 Å². The number of nitrogens with zero attached hydrogens (tertiary/aromatic N) is 1. The summed E-state index contributed by atoms with van der Waals surface area (Å²) in [5.74, 6) is 0.0636. The van der Waals surface area contributed by atoms with Crippen molar-refractivity contribution >= 4 is 11.7 Å². The summed E-state index contributed by atoms with van der Waals surface area (Å²) in [6.45, 7) is 0.560. The minimum Gasteiger partial charge on any atom is -0.409 e. The van der Waals surface area contributed by atoms with Gasteiger partial charge in [-0.25, -0.2) is 0 Å². The first-order valence-electron chi connectivity index (χ1n) is 7.42. The SMILES string of the molecule is COCCCC(=O)NC1(C(N)=NO)CCCCCCC1. The molecule has 1 aliphatic carbocycles. The molecule has 0 aromatic carbocycles. The van der Waals surface area contributed by atoms with Crippen LogP contribution < -0.4 is 11.1 Å². The van der Waals surface area contributed by atoms with Crippen LogP contribution in [0.4, 0.5) is 0 Å². The monoisotopic (exact) mass is 285 g/mol. The Labute approximate surface area is 120 Å². The Morgan fingerprint density at radius 3 is 2.45 bits per heavy atom. The maximum absolute atomic E-state index is 12.1. The number of carbonyl (C=O) groups is 1. The van der Waals surface area contributed by atoms with Gasteiger partial charge in [-0.1, -0.05) is 37.3 Å². The molecule has 0 heterocycles. The second-order valence-electron chi connectivity index (χ2n) is 5.48. The summed E-state index contributed by atoms with van der Waals surface area (Å²) >= 11 is 0. The highest BCUT2D eigenvalue weighted by atomic mass is 16.5. The van der Waals surface area contributed by atoms with E-state index in [4.69, 9.17) is 15.7 Å². The van der Waals surface area contributed by atoms with Gasteiger partial charge in [0.1, 0.15) is 5.54 Å². The molecule has 1 amide bonds. The molecular formula is C14H27N3O3. The maximum Gasteiger partial charge on any atom is 0.220 e. The van der Waals surface area contributed by atoms with Crippen LogP contribution in [-0.2, 0) is 9.53 Å². The number of nitrogens with two attached hydrogens (primary N) is 1. The Morgan fingerprint density at radius 1 is 1.30 bits per heavy atom. The number of carbonyl (C=O) groups excluding carboxylic acids is 1. The topological polar surface area (TPSA) is 96.9 Å². The number of methoxy groups -OCH3 is 1. The Hall–Kier alpha value is -1.30. The fraction of sp³-hybridized carbons (Fsp3) is 0.857. The summed E-state index contributed by atoms with van der Waals surface area (Å²) in [5.41, 5.74) is 5.19. The van der Waals surface area contributed by atoms with Crippen molar-refractivity contribution in [1.29, 1.82) is 0 Å². The van der Waals surface area contributed by atoms with Crippen molar-refractivity contribution in [1.82, 2.24) is 5.32 Å². The van der Waals surface area contributed by atoms with Crippen molar-refractivity contribution in [3.8, 4) is 0 Å². The lowest BCUT2D eigenvalue weighted by Gasteiger charge is -2.35. The van der Waals surface area contributed by atoms with Crippen LogP contribution >= 0.6 is 0 Å². The first-order chi connectivity index (χ1) is 9.64. The Balaban J connectivity index is 2.69. The van der Waals surface area contributed by atoms with Crippen LogP contribution in [0.5, 0.6) is 0 Å². The fourth-order valence-electron chi connectivity index (χ4n) is 2.76. The van der Waals surface area contributed by atoms with Crippen molar-refractivity contribution in [3.05, 3.63) is 0 Å². The summed E-state index contributed by atoms with van der Waals surface area (Å²) in [5, 5.41) is 15.2. The van der Waals surface area contributed by atoms with Crippen molar-refractivity contribution in [2.75, 3.05) is 13.7 Å². The average molecular weight is 285 g/mol. The molecule has 0 aromatic rings. The molecular weight excluding hydrogens is 258 g/mol. The number of nitrogens with one attached hydrogen (secondary N) is 1. The molecule has 1 fully saturated rings. The molecule has 1 aliphatic rings. The van der Waals surface area contributed by atoms with Crippen molar-refractivity contribution in [2.24, 2.45) is 10.9 Å². The summed E-state index contributed by atoms with van der Waals surface area (Å²) < 4.78 is 4.94. The highest BCUT2D eigenvalue weighted by Gasteiger charge is 2.36. The predicted molar refractivity (Wildman–Crippen MR) is 77.7 cm³/mol. The summed E-state index contributed by atoms with van der Waals surface area (Å²) in [6.07, 6.45) is 7.97. The molecule has 0 aromatic heterocycles. The lowest BCUT2D eigenvalue weighted by atomic mass is 9.82. The number of amidine groups is 1. The highest BCUT2D eigenvalue weighted by Crippen LogP contribution is 2.27. The lowest BCUT2D eigenvalue weighted by molar-refractivity contribution is -0.122. The third kappa shape index (κ3) is 5.00. The molecule has 0 atom stereocenters. The van der Waals surface area contributed by atoms with Crippen molar-refractivity contribution in [3.63, 3.8) is 0 Å². The predicted octanol–water partition coefficient (Wildman–Crippen LogP) is 1.76. The smallest absolute Gasteiger partial charge is 0.220 e. The third-order valence-corrected chi connectivity index (χ3v) is 3.94. The highest BCUT2D eigenvalue weighted by molar-refractivity contribution is 5.93. The van der Waals surface area contributed by atoms with Crippen LogP contribution in [0.25, 0.3) is 0 Å². The van der Waals surface area contributed by atoms with Gasteiger partial charge in [0.05, 0.1) is 0 Å². The molecule has 1 rings (SSSR count). The van der Waals surface area contributed by atoms with E-state index in [1.54, 1.807) is 7.11 Å². The second kappa shape index (κ2) is 8.79. The first-order valence-corrected chi connectivity index (χ1v) is 7.42. The number of ether oxygens (including phenoxy) is 1. The van der Waals surface area contributed by atoms with Gasteiger partial charge in [-0.15, -0.1) is 0 Å². The Kier molecular flexibility index (Phi) is 7.36. The van der Waals surface area contributed by atoms with E-state index in [-0.39, 0.29) is 11.7 Å². The molecule has 0 spiro atoms. The van der Waals surface area contributed by atoms with E-state index in [0.717, 1.165) is 38.5 Å². The van der Waals surface area contributed by atoms with Crippen molar-refractivity contribution in [2.45, 2.75) is 63.3 Å². The number of oxime groups is 1. The number of hydrogen-bond acceptors (Lipinski definition) is 4. The molecule has 0 saturated heterocycles. The van der Waals surface area contributed by atoms with Gasteiger partial charge in [0.2, 0.25) is 5.91 Å². The molecule has 0 aliphatic heterocycles. The first kappa shape index (κ1) is 16.8. The van der Waals surface area contributed by atoms with E-state index in [9.17, 15) is 4.79 Å². The number of rotatable bonds is 6. The Morgan fingerprint density at radius 2 is 1.90 bits per heavy atom. The lowest BCUT2D eigenvalue weighted by Crippen LogP contribution is -2.57. The fourth-order valence-corrected chi connectivity index (χ4v) is 2.76. The van der Waals surface area contributed by atoms with E-state index in [0.29, 0.717) is 19.4 Å². The van der Waals surface area contributed by atoms with Gasteiger partial charge in [-0.3, -0.25) is 4.79 Å². The molecule has 0 radical (unpaired) electrons. The van der Waals surface area contributed by atoms with E-state index >= 15 is 0 Å². The quantitative estimate of drug-likeness (QED) is 0.228.